The summed E-state index contributed by atoms with van der Waals surface area (Å²) in [5.41, 5.74) is 4.72. The molecule has 0 saturated heterocycles. The van der Waals surface area contributed by atoms with Crippen molar-refractivity contribution >= 4 is 39.9 Å². The fourth-order valence-electron chi connectivity index (χ4n) is 2.92. The van der Waals surface area contributed by atoms with Gasteiger partial charge in [0.2, 0.25) is 0 Å². The summed E-state index contributed by atoms with van der Waals surface area (Å²) in [5.74, 6) is 1.45. The van der Waals surface area contributed by atoms with Gasteiger partial charge < -0.3 is 14.8 Å². The minimum Gasteiger partial charge on any atom is -0.490 e. The van der Waals surface area contributed by atoms with E-state index in [2.05, 4.69) is 58.5 Å². The third-order valence-electron chi connectivity index (χ3n) is 4.44. The molecule has 3 aromatic carbocycles. The van der Waals surface area contributed by atoms with E-state index in [-0.39, 0.29) is 12.4 Å². The van der Waals surface area contributed by atoms with Crippen molar-refractivity contribution in [3.63, 3.8) is 0 Å². The van der Waals surface area contributed by atoms with E-state index in [1.54, 1.807) is 0 Å². The molecule has 3 rings (SSSR count). The number of hydrogen-bond acceptors (Lipinski definition) is 3. The molecular formula is C24H26BrCl2NO2. The summed E-state index contributed by atoms with van der Waals surface area (Å²) >= 11 is 9.60. The van der Waals surface area contributed by atoms with Crippen LogP contribution in [0.1, 0.15) is 29.2 Å². The van der Waals surface area contributed by atoms with Crippen LogP contribution in [0.4, 0.5) is 0 Å². The highest BCUT2D eigenvalue weighted by Crippen LogP contribution is 2.37. The molecule has 1 N–H and O–H groups in total. The van der Waals surface area contributed by atoms with Crippen LogP contribution in [0, 0.1) is 6.92 Å². The van der Waals surface area contributed by atoms with E-state index in [4.69, 9.17) is 21.1 Å². The lowest BCUT2D eigenvalue weighted by Gasteiger charge is -2.16. The molecule has 0 spiro atoms. The van der Waals surface area contributed by atoms with Crippen LogP contribution in [0.25, 0.3) is 0 Å². The topological polar surface area (TPSA) is 30.5 Å². The Morgan fingerprint density at radius 2 is 1.50 bits per heavy atom. The highest BCUT2D eigenvalue weighted by atomic mass is 79.9. The van der Waals surface area contributed by atoms with E-state index in [0.717, 1.165) is 34.4 Å². The molecule has 0 aromatic heterocycles. The molecule has 0 heterocycles. The van der Waals surface area contributed by atoms with E-state index in [1.807, 2.05) is 37.3 Å². The molecule has 3 aromatic rings. The first-order valence-electron chi connectivity index (χ1n) is 9.64. The minimum absolute atomic E-state index is 0. The van der Waals surface area contributed by atoms with Gasteiger partial charge in [-0.3, -0.25) is 0 Å². The number of aryl methyl sites for hydroxylation is 1. The molecule has 0 unspecified atom stereocenters. The Kier molecular flexibility index (Phi) is 9.99. The van der Waals surface area contributed by atoms with Gasteiger partial charge in [-0.05, 0) is 70.7 Å². The van der Waals surface area contributed by atoms with E-state index in [1.165, 1.54) is 11.1 Å². The zero-order chi connectivity index (χ0) is 20.6. The Hall–Kier alpha value is -1.72. The number of benzene rings is 3. The number of ether oxygens (including phenoxy) is 2. The van der Waals surface area contributed by atoms with Gasteiger partial charge in [0.25, 0.3) is 0 Å². The largest absolute Gasteiger partial charge is 0.490 e. The van der Waals surface area contributed by atoms with Gasteiger partial charge >= 0.3 is 0 Å². The third kappa shape index (κ3) is 7.21. The average molecular weight is 511 g/mol. The van der Waals surface area contributed by atoms with Crippen molar-refractivity contribution < 1.29 is 9.47 Å². The summed E-state index contributed by atoms with van der Waals surface area (Å²) in [4.78, 5) is 0. The maximum Gasteiger partial charge on any atom is 0.175 e. The molecular weight excluding hydrogens is 485 g/mol. The van der Waals surface area contributed by atoms with Crippen LogP contribution in [-0.4, -0.2) is 6.61 Å². The number of halogens is 3. The number of nitrogens with one attached hydrogen (secondary N) is 1. The average Bonchev–Trinajstić information content (AvgIpc) is 2.70. The fourth-order valence-corrected chi connectivity index (χ4v) is 3.65. The molecule has 0 amide bonds. The monoisotopic (exact) mass is 509 g/mol. The van der Waals surface area contributed by atoms with Gasteiger partial charge in [0.1, 0.15) is 6.61 Å². The van der Waals surface area contributed by atoms with Gasteiger partial charge in [-0.15, -0.1) is 12.4 Å². The Labute approximate surface area is 198 Å². The normalized spacial score (nSPS) is 10.4. The molecule has 6 heteroatoms. The highest BCUT2D eigenvalue weighted by molar-refractivity contribution is 9.10. The third-order valence-corrected chi connectivity index (χ3v) is 5.29. The second kappa shape index (κ2) is 12.2. The molecule has 0 aliphatic heterocycles. The Morgan fingerprint density at radius 3 is 2.17 bits per heavy atom. The molecule has 0 fully saturated rings. The Balaban J connectivity index is 0.00000320. The molecule has 0 bridgehead atoms. The molecule has 3 nitrogen and oxygen atoms in total. The lowest BCUT2D eigenvalue weighted by atomic mass is 10.1. The van der Waals surface area contributed by atoms with Gasteiger partial charge in [0, 0.05) is 18.1 Å². The quantitative estimate of drug-likeness (QED) is 0.333. The van der Waals surface area contributed by atoms with Crippen LogP contribution in [0.3, 0.4) is 0 Å². The van der Waals surface area contributed by atoms with E-state index >= 15 is 0 Å². The van der Waals surface area contributed by atoms with Crippen LogP contribution in [0.15, 0.2) is 65.1 Å². The van der Waals surface area contributed by atoms with Crippen LogP contribution in [0.5, 0.6) is 11.5 Å². The number of rotatable bonds is 9. The van der Waals surface area contributed by atoms with E-state index in [0.29, 0.717) is 24.0 Å². The molecule has 0 saturated carbocycles. The maximum absolute atomic E-state index is 6.05. The first-order valence-corrected chi connectivity index (χ1v) is 10.8. The summed E-state index contributed by atoms with van der Waals surface area (Å²) in [6, 6.07) is 20.3. The Bertz CT molecular complexity index is 931. The predicted octanol–water partition coefficient (Wildman–Crippen LogP) is 7.10. The molecule has 160 valence electrons. The second-order valence-corrected chi connectivity index (χ2v) is 8.13. The zero-order valence-electron chi connectivity index (χ0n) is 17.1. The second-order valence-electron chi connectivity index (χ2n) is 6.84. The van der Waals surface area contributed by atoms with Crippen molar-refractivity contribution in [2.24, 2.45) is 0 Å². The summed E-state index contributed by atoms with van der Waals surface area (Å²) in [7, 11) is 0. The van der Waals surface area contributed by atoms with Crippen LogP contribution in [0.2, 0.25) is 5.02 Å². The SMILES string of the molecule is CCOc1cc(CNCc2ccc(C)cc2)cc(Br)c1OCc1ccc(Cl)cc1.Cl. The molecule has 0 atom stereocenters. The van der Waals surface area contributed by atoms with Crippen molar-refractivity contribution in [2.75, 3.05) is 6.61 Å². The molecule has 30 heavy (non-hydrogen) atoms. The zero-order valence-corrected chi connectivity index (χ0v) is 20.2. The highest BCUT2D eigenvalue weighted by Gasteiger charge is 2.13. The standard InChI is InChI=1S/C24H25BrClNO2.ClH/c1-3-28-23-13-20(15-27-14-18-6-4-17(2)5-7-18)12-22(25)24(23)29-16-19-8-10-21(26)11-9-19;/h4-13,27H,3,14-16H2,1-2H3;1H. The summed E-state index contributed by atoms with van der Waals surface area (Å²) in [6.45, 7) is 6.64. The van der Waals surface area contributed by atoms with E-state index in [9.17, 15) is 0 Å². The van der Waals surface area contributed by atoms with Crippen molar-refractivity contribution in [3.05, 3.63) is 92.4 Å². The van der Waals surface area contributed by atoms with Crippen molar-refractivity contribution in [2.45, 2.75) is 33.5 Å². The maximum atomic E-state index is 6.05. The summed E-state index contributed by atoms with van der Waals surface area (Å²) < 4.78 is 12.8. The van der Waals surface area contributed by atoms with E-state index < -0.39 is 0 Å². The lowest BCUT2D eigenvalue weighted by molar-refractivity contribution is 0.267. The van der Waals surface area contributed by atoms with Crippen molar-refractivity contribution in [1.82, 2.24) is 5.32 Å². The molecule has 0 aliphatic carbocycles. The van der Waals surface area contributed by atoms with Gasteiger partial charge in [0.05, 0.1) is 11.1 Å². The first kappa shape index (κ1) is 24.5. The van der Waals surface area contributed by atoms with Gasteiger partial charge in [0.15, 0.2) is 11.5 Å². The molecule has 0 aliphatic rings. The minimum atomic E-state index is 0. The van der Waals surface area contributed by atoms with Crippen molar-refractivity contribution in [3.8, 4) is 11.5 Å². The Morgan fingerprint density at radius 1 is 0.867 bits per heavy atom. The molecule has 0 radical (unpaired) electrons. The van der Waals surface area contributed by atoms with Gasteiger partial charge in [-0.25, -0.2) is 0 Å². The van der Waals surface area contributed by atoms with Crippen LogP contribution < -0.4 is 14.8 Å². The first-order chi connectivity index (χ1) is 14.0. The van der Waals surface area contributed by atoms with Crippen LogP contribution in [-0.2, 0) is 19.7 Å². The lowest BCUT2D eigenvalue weighted by Crippen LogP contribution is -2.13. The number of hydrogen-bond donors (Lipinski definition) is 1. The summed E-state index contributed by atoms with van der Waals surface area (Å²) in [6.07, 6.45) is 0. The van der Waals surface area contributed by atoms with Gasteiger partial charge in [-0.1, -0.05) is 53.6 Å². The fraction of sp³-hybridized carbons (Fsp3) is 0.250. The van der Waals surface area contributed by atoms with Crippen LogP contribution >= 0.6 is 39.9 Å². The smallest absolute Gasteiger partial charge is 0.175 e. The van der Waals surface area contributed by atoms with Gasteiger partial charge in [-0.2, -0.15) is 0 Å². The predicted molar refractivity (Wildman–Crippen MR) is 130 cm³/mol. The van der Waals surface area contributed by atoms with Crippen molar-refractivity contribution in [1.29, 1.82) is 0 Å². The summed E-state index contributed by atoms with van der Waals surface area (Å²) in [5, 5.41) is 4.20.